The summed E-state index contributed by atoms with van der Waals surface area (Å²) in [5.41, 5.74) is 0.761. The molecule has 0 aliphatic carbocycles. The number of nitrogens with zero attached hydrogens (tertiary/aromatic N) is 3. The van der Waals surface area contributed by atoms with Gasteiger partial charge in [-0.3, -0.25) is 10.1 Å². The summed E-state index contributed by atoms with van der Waals surface area (Å²) in [5, 5.41) is 12.0. The summed E-state index contributed by atoms with van der Waals surface area (Å²) < 4.78 is 38.2. The summed E-state index contributed by atoms with van der Waals surface area (Å²) in [4.78, 5) is 41.2. The van der Waals surface area contributed by atoms with Crippen LogP contribution in [0.2, 0.25) is 0 Å². The van der Waals surface area contributed by atoms with E-state index in [9.17, 15) is 23.2 Å². The maximum Gasteiger partial charge on any atom is 0.412 e. The average molecular weight is 571 g/mol. The lowest BCUT2D eigenvalue weighted by Gasteiger charge is -2.30. The van der Waals surface area contributed by atoms with Gasteiger partial charge in [0.15, 0.2) is 23.2 Å². The number of anilines is 1. The number of aromatic nitrogens is 1. The number of carbonyl (C=O) groups is 3. The topological polar surface area (TPSA) is 129 Å². The molecule has 4 amide bonds. The minimum atomic E-state index is -1.04. The number of halogens is 2. The second kappa shape index (κ2) is 14.2. The van der Waals surface area contributed by atoms with E-state index in [0.29, 0.717) is 31.9 Å². The highest BCUT2D eigenvalue weighted by Gasteiger charge is 2.25. The first-order valence-electron chi connectivity index (χ1n) is 13.2. The molecule has 3 aromatic rings. The van der Waals surface area contributed by atoms with E-state index >= 15 is 0 Å². The van der Waals surface area contributed by atoms with Crippen molar-refractivity contribution in [2.75, 3.05) is 45.2 Å². The first-order chi connectivity index (χ1) is 19.8. The van der Waals surface area contributed by atoms with Crippen LogP contribution in [-0.2, 0) is 16.1 Å². The third-order valence-electron chi connectivity index (χ3n) is 6.70. The molecule has 4 rings (SSSR count). The van der Waals surface area contributed by atoms with E-state index in [-0.39, 0.29) is 43.3 Å². The van der Waals surface area contributed by atoms with Gasteiger partial charge in [-0.25, -0.2) is 18.4 Å². The van der Waals surface area contributed by atoms with Gasteiger partial charge in [0.1, 0.15) is 6.61 Å². The van der Waals surface area contributed by atoms with E-state index in [2.05, 4.69) is 21.1 Å². The van der Waals surface area contributed by atoms with E-state index in [1.807, 2.05) is 30.3 Å². The van der Waals surface area contributed by atoms with Crippen molar-refractivity contribution in [3.8, 4) is 11.3 Å². The van der Waals surface area contributed by atoms with Crippen LogP contribution in [0, 0.1) is 11.6 Å². The maximum atomic E-state index is 14.0. The molecular formula is C28H32F2N6O5. The molecule has 1 atom stereocenters. The molecule has 0 radical (unpaired) electrons. The molecule has 1 aliphatic rings. The second-order valence-electron chi connectivity index (χ2n) is 9.47. The van der Waals surface area contributed by atoms with E-state index < -0.39 is 29.8 Å². The van der Waals surface area contributed by atoms with Crippen LogP contribution in [0.3, 0.4) is 0 Å². The maximum absolute atomic E-state index is 14.0. The standard InChI is InChI=1S/C28H32F2N6O5/c1-35(27(38)32-17-20-8-5-9-22(29)26(20)30)21(10-11-25(37)36-14-12-31-13-15-36)18-40-28(39)33-24-16-23(41-34-24)19-6-3-2-4-7-19/h2-9,16,21,31H,10-15,17-18H2,1H3,(H,32,38)(H,33,34,39)/t21-/m0/s1. The quantitative estimate of drug-likeness (QED) is 0.340. The number of hydrogen-bond acceptors (Lipinski definition) is 7. The number of hydrogen-bond donors (Lipinski definition) is 3. The van der Waals surface area contributed by atoms with Crippen LogP contribution in [0.15, 0.2) is 59.1 Å². The molecule has 11 nitrogen and oxygen atoms in total. The van der Waals surface area contributed by atoms with E-state index in [1.54, 1.807) is 11.0 Å². The zero-order valence-corrected chi connectivity index (χ0v) is 22.6. The van der Waals surface area contributed by atoms with Crippen LogP contribution in [0.5, 0.6) is 0 Å². The first-order valence-corrected chi connectivity index (χ1v) is 13.2. The van der Waals surface area contributed by atoms with Crippen LogP contribution >= 0.6 is 0 Å². The predicted molar refractivity (Wildman–Crippen MR) is 146 cm³/mol. The molecular weight excluding hydrogens is 538 g/mol. The number of likely N-dealkylation sites (N-methyl/N-ethyl adjacent to an activating group) is 1. The Morgan fingerprint density at radius 1 is 1.12 bits per heavy atom. The van der Waals surface area contributed by atoms with Crippen LogP contribution in [-0.4, -0.2) is 78.9 Å². The number of nitrogens with one attached hydrogen (secondary N) is 3. The van der Waals surface area contributed by atoms with Gasteiger partial charge < -0.3 is 29.7 Å². The summed E-state index contributed by atoms with van der Waals surface area (Å²) in [6.45, 7) is 2.08. The van der Waals surface area contributed by atoms with Crippen LogP contribution < -0.4 is 16.0 Å². The summed E-state index contributed by atoms with van der Waals surface area (Å²) in [7, 11) is 1.47. The van der Waals surface area contributed by atoms with Crippen molar-refractivity contribution in [1.29, 1.82) is 0 Å². The molecule has 1 aromatic heterocycles. The highest BCUT2D eigenvalue weighted by molar-refractivity contribution is 5.84. The van der Waals surface area contributed by atoms with Gasteiger partial charge >= 0.3 is 12.1 Å². The normalized spacial score (nSPS) is 13.8. The van der Waals surface area contributed by atoms with Crippen molar-refractivity contribution in [3.05, 3.63) is 71.8 Å². The number of benzene rings is 2. The van der Waals surface area contributed by atoms with Gasteiger partial charge in [-0.1, -0.05) is 47.6 Å². The summed E-state index contributed by atoms with van der Waals surface area (Å²) >= 11 is 0. The number of urea groups is 1. The summed E-state index contributed by atoms with van der Waals surface area (Å²) in [6.07, 6.45) is -0.502. The van der Waals surface area contributed by atoms with Crippen molar-refractivity contribution in [3.63, 3.8) is 0 Å². The third-order valence-corrected chi connectivity index (χ3v) is 6.70. The van der Waals surface area contributed by atoms with Crippen molar-refractivity contribution >= 4 is 23.8 Å². The molecule has 0 bridgehead atoms. The number of piperazine rings is 1. The number of carbonyl (C=O) groups excluding carboxylic acids is 3. The molecule has 2 aromatic carbocycles. The van der Waals surface area contributed by atoms with Gasteiger partial charge in [-0.2, -0.15) is 0 Å². The Labute approximate surface area is 235 Å². The molecule has 0 unspecified atom stereocenters. The van der Waals surface area contributed by atoms with E-state index in [0.717, 1.165) is 11.6 Å². The minimum absolute atomic E-state index is 0.0182. The van der Waals surface area contributed by atoms with Gasteiger partial charge in [-0.05, 0) is 12.5 Å². The van der Waals surface area contributed by atoms with Crippen molar-refractivity contribution in [2.45, 2.75) is 25.4 Å². The van der Waals surface area contributed by atoms with E-state index in [4.69, 9.17) is 9.26 Å². The smallest absolute Gasteiger partial charge is 0.412 e. The first kappa shape index (κ1) is 29.5. The highest BCUT2D eigenvalue weighted by Crippen LogP contribution is 2.22. The SMILES string of the molecule is CN(C(=O)NCc1cccc(F)c1F)[C@@H](CCC(=O)N1CCNCC1)COC(=O)Nc1cc(-c2ccccc2)on1. The van der Waals surface area contributed by atoms with Crippen molar-refractivity contribution < 1.29 is 32.4 Å². The molecule has 2 heterocycles. The second-order valence-corrected chi connectivity index (χ2v) is 9.47. The lowest BCUT2D eigenvalue weighted by molar-refractivity contribution is -0.132. The molecule has 1 fully saturated rings. The van der Waals surface area contributed by atoms with Gasteiger partial charge in [0.05, 0.1) is 6.04 Å². The largest absolute Gasteiger partial charge is 0.447 e. The number of ether oxygens (including phenoxy) is 1. The molecule has 218 valence electrons. The van der Waals surface area contributed by atoms with Gasteiger partial charge in [0.2, 0.25) is 5.91 Å². The van der Waals surface area contributed by atoms with Crippen molar-refractivity contribution in [2.24, 2.45) is 0 Å². The lowest BCUT2D eigenvalue weighted by atomic mass is 10.1. The van der Waals surface area contributed by atoms with Crippen LogP contribution in [0.4, 0.5) is 24.2 Å². The van der Waals surface area contributed by atoms with Crippen LogP contribution in [0.25, 0.3) is 11.3 Å². The Kier molecular flexibility index (Phi) is 10.2. The van der Waals surface area contributed by atoms with Gasteiger partial charge in [-0.15, -0.1) is 0 Å². The monoisotopic (exact) mass is 570 g/mol. The third kappa shape index (κ3) is 8.24. The molecule has 1 aliphatic heterocycles. The van der Waals surface area contributed by atoms with Gasteiger partial charge in [0, 0.05) is 63.4 Å². The Hall–Kier alpha value is -4.52. The Morgan fingerprint density at radius 2 is 1.88 bits per heavy atom. The fourth-order valence-electron chi connectivity index (χ4n) is 4.28. The number of amides is 4. The molecule has 13 heteroatoms. The Balaban J connectivity index is 1.35. The molecule has 41 heavy (non-hydrogen) atoms. The number of rotatable bonds is 10. The van der Waals surface area contributed by atoms with Crippen LogP contribution in [0.1, 0.15) is 18.4 Å². The molecule has 0 saturated carbocycles. The molecule has 3 N–H and O–H groups in total. The summed E-state index contributed by atoms with van der Waals surface area (Å²) in [5.74, 6) is -1.54. The predicted octanol–water partition coefficient (Wildman–Crippen LogP) is 3.59. The van der Waals surface area contributed by atoms with Crippen molar-refractivity contribution in [1.82, 2.24) is 25.6 Å². The average Bonchev–Trinajstić information content (AvgIpc) is 3.46. The summed E-state index contributed by atoms with van der Waals surface area (Å²) in [6, 6.07) is 13.1. The zero-order valence-electron chi connectivity index (χ0n) is 22.6. The van der Waals surface area contributed by atoms with E-state index in [1.165, 1.54) is 24.1 Å². The Morgan fingerprint density at radius 3 is 2.63 bits per heavy atom. The van der Waals surface area contributed by atoms with Gasteiger partial charge in [0.25, 0.3) is 0 Å². The molecule has 0 spiro atoms. The molecule has 1 saturated heterocycles. The fraction of sp³-hybridized carbons (Fsp3) is 0.357. The highest BCUT2D eigenvalue weighted by atomic mass is 19.2. The fourth-order valence-corrected chi connectivity index (χ4v) is 4.28. The minimum Gasteiger partial charge on any atom is -0.447 e. The lowest BCUT2D eigenvalue weighted by Crippen LogP contribution is -2.48. The Bertz CT molecular complexity index is 1330. The zero-order chi connectivity index (χ0) is 29.2.